The zero-order valence-electron chi connectivity index (χ0n) is 8.83. The Labute approximate surface area is 95.3 Å². The first kappa shape index (κ1) is 10.9. The Morgan fingerprint density at radius 1 is 1.60 bits per heavy atom. The molecule has 1 aromatic carbocycles. The van der Waals surface area contributed by atoms with Crippen molar-refractivity contribution in [3.05, 3.63) is 34.3 Å². The van der Waals surface area contributed by atoms with E-state index in [0.29, 0.717) is 12.6 Å². The van der Waals surface area contributed by atoms with Crippen LogP contribution in [0, 0.1) is 0 Å². The van der Waals surface area contributed by atoms with Gasteiger partial charge in [-0.2, -0.15) is 0 Å². The number of nitrogens with one attached hydrogen (secondary N) is 1. The standard InChI is InChI=1S/C12H16ClNO/c1-8(15)7-14-12-6-5-9-10(12)3-2-4-11(9)13/h2-4,8,12,14-15H,5-7H2,1H3. The summed E-state index contributed by atoms with van der Waals surface area (Å²) in [6.07, 6.45) is 1.81. The Balaban J connectivity index is 2.11. The van der Waals surface area contributed by atoms with Crippen LogP contribution in [0.2, 0.25) is 5.02 Å². The fraction of sp³-hybridized carbons (Fsp3) is 0.500. The maximum absolute atomic E-state index is 9.23. The Hall–Kier alpha value is -0.570. The van der Waals surface area contributed by atoms with E-state index in [0.717, 1.165) is 17.9 Å². The number of aliphatic hydroxyl groups excluding tert-OH is 1. The molecule has 0 radical (unpaired) electrons. The van der Waals surface area contributed by atoms with Crippen LogP contribution in [-0.4, -0.2) is 17.8 Å². The van der Waals surface area contributed by atoms with Crippen LogP contribution in [0.4, 0.5) is 0 Å². The fourth-order valence-electron chi connectivity index (χ4n) is 2.13. The van der Waals surface area contributed by atoms with Gasteiger partial charge in [-0.25, -0.2) is 0 Å². The summed E-state index contributed by atoms with van der Waals surface area (Å²) >= 11 is 6.12. The highest BCUT2D eigenvalue weighted by molar-refractivity contribution is 6.31. The smallest absolute Gasteiger partial charge is 0.0636 e. The summed E-state index contributed by atoms with van der Waals surface area (Å²) in [6.45, 7) is 2.43. The predicted octanol–water partition coefficient (Wildman–Crippen LogP) is 2.30. The van der Waals surface area contributed by atoms with Crippen LogP contribution in [0.5, 0.6) is 0 Å². The third kappa shape index (κ3) is 2.33. The van der Waals surface area contributed by atoms with Gasteiger partial charge in [-0.05, 0) is 37.0 Å². The molecule has 0 amide bonds. The second-order valence-electron chi connectivity index (χ2n) is 4.16. The second-order valence-corrected chi connectivity index (χ2v) is 4.56. The van der Waals surface area contributed by atoms with Gasteiger partial charge in [-0.1, -0.05) is 23.7 Å². The van der Waals surface area contributed by atoms with Crippen molar-refractivity contribution in [1.29, 1.82) is 0 Å². The molecule has 2 nitrogen and oxygen atoms in total. The number of hydrogen-bond donors (Lipinski definition) is 2. The molecule has 1 aromatic rings. The Bertz CT molecular complexity index is 351. The number of aliphatic hydroxyl groups is 1. The van der Waals surface area contributed by atoms with E-state index in [-0.39, 0.29) is 6.10 Å². The molecule has 0 heterocycles. The minimum Gasteiger partial charge on any atom is -0.392 e. The molecule has 2 rings (SSSR count). The van der Waals surface area contributed by atoms with Crippen LogP contribution >= 0.6 is 11.6 Å². The third-order valence-electron chi connectivity index (χ3n) is 2.87. The number of hydrogen-bond acceptors (Lipinski definition) is 2. The van der Waals surface area contributed by atoms with Crippen LogP contribution in [0.25, 0.3) is 0 Å². The summed E-state index contributed by atoms with van der Waals surface area (Å²) in [4.78, 5) is 0. The molecule has 0 aromatic heterocycles. The van der Waals surface area contributed by atoms with E-state index in [2.05, 4.69) is 11.4 Å². The minimum absolute atomic E-state index is 0.298. The number of benzene rings is 1. The molecule has 0 saturated heterocycles. The van der Waals surface area contributed by atoms with Crippen LogP contribution in [0.1, 0.15) is 30.5 Å². The molecular weight excluding hydrogens is 210 g/mol. The number of fused-ring (bicyclic) bond motifs is 1. The summed E-state index contributed by atoms with van der Waals surface area (Å²) < 4.78 is 0. The molecule has 82 valence electrons. The van der Waals surface area contributed by atoms with E-state index in [1.165, 1.54) is 11.1 Å². The zero-order valence-corrected chi connectivity index (χ0v) is 9.59. The molecule has 15 heavy (non-hydrogen) atoms. The average molecular weight is 226 g/mol. The van der Waals surface area contributed by atoms with E-state index >= 15 is 0 Å². The van der Waals surface area contributed by atoms with Crippen molar-refractivity contribution >= 4 is 11.6 Å². The van der Waals surface area contributed by atoms with Crippen LogP contribution in [0.3, 0.4) is 0 Å². The molecule has 2 atom stereocenters. The van der Waals surface area contributed by atoms with Crippen molar-refractivity contribution in [2.24, 2.45) is 0 Å². The second kappa shape index (κ2) is 4.52. The first-order chi connectivity index (χ1) is 7.18. The summed E-state index contributed by atoms with van der Waals surface area (Å²) in [5.41, 5.74) is 2.56. The molecule has 0 aliphatic heterocycles. The van der Waals surface area contributed by atoms with Crippen molar-refractivity contribution in [1.82, 2.24) is 5.32 Å². The lowest BCUT2D eigenvalue weighted by Gasteiger charge is -2.15. The fourth-order valence-corrected chi connectivity index (χ4v) is 2.41. The molecular formula is C12H16ClNO. The highest BCUT2D eigenvalue weighted by Gasteiger charge is 2.23. The van der Waals surface area contributed by atoms with Crippen molar-refractivity contribution < 1.29 is 5.11 Å². The van der Waals surface area contributed by atoms with Gasteiger partial charge < -0.3 is 10.4 Å². The van der Waals surface area contributed by atoms with E-state index in [1.54, 1.807) is 6.92 Å². The molecule has 0 fully saturated rings. The molecule has 0 bridgehead atoms. The monoisotopic (exact) mass is 225 g/mol. The first-order valence-corrected chi connectivity index (χ1v) is 5.75. The Morgan fingerprint density at radius 2 is 2.40 bits per heavy atom. The van der Waals surface area contributed by atoms with Crippen molar-refractivity contribution in [3.63, 3.8) is 0 Å². The molecule has 1 aliphatic rings. The van der Waals surface area contributed by atoms with Gasteiger partial charge in [0.15, 0.2) is 0 Å². The van der Waals surface area contributed by atoms with E-state index in [9.17, 15) is 5.11 Å². The normalized spacial score (nSPS) is 21.4. The van der Waals surface area contributed by atoms with Gasteiger partial charge in [0.25, 0.3) is 0 Å². The third-order valence-corrected chi connectivity index (χ3v) is 3.23. The molecule has 0 saturated carbocycles. The topological polar surface area (TPSA) is 32.3 Å². The predicted molar refractivity (Wildman–Crippen MR) is 62.2 cm³/mol. The molecule has 2 N–H and O–H groups in total. The van der Waals surface area contributed by atoms with Gasteiger partial charge in [0.1, 0.15) is 0 Å². The van der Waals surface area contributed by atoms with Gasteiger partial charge >= 0.3 is 0 Å². The van der Waals surface area contributed by atoms with Crippen molar-refractivity contribution in [2.45, 2.75) is 31.9 Å². The SMILES string of the molecule is CC(O)CNC1CCc2c(Cl)cccc21. The van der Waals surface area contributed by atoms with Gasteiger partial charge in [0.05, 0.1) is 6.10 Å². The van der Waals surface area contributed by atoms with Gasteiger partial charge in [0.2, 0.25) is 0 Å². The first-order valence-electron chi connectivity index (χ1n) is 5.37. The van der Waals surface area contributed by atoms with E-state index in [1.807, 2.05) is 12.1 Å². The lowest BCUT2D eigenvalue weighted by atomic mass is 10.1. The zero-order chi connectivity index (χ0) is 10.8. The average Bonchev–Trinajstić information content (AvgIpc) is 2.59. The molecule has 3 heteroatoms. The maximum Gasteiger partial charge on any atom is 0.0636 e. The van der Waals surface area contributed by atoms with Crippen LogP contribution in [-0.2, 0) is 6.42 Å². The summed E-state index contributed by atoms with van der Waals surface area (Å²) in [5, 5.41) is 13.5. The van der Waals surface area contributed by atoms with Crippen molar-refractivity contribution in [2.75, 3.05) is 6.54 Å². The van der Waals surface area contributed by atoms with Gasteiger partial charge in [-0.3, -0.25) is 0 Å². The van der Waals surface area contributed by atoms with Gasteiger partial charge in [-0.15, -0.1) is 0 Å². The van der Waals surface area contributed by atoms with Gasteiger partial charge in [0, 0.05) is 17.6 Å². The highest BCUT2D eigenvalue weighted by Crippen LogP contribution is 2.35. The molecule has 2 unspecified atom stereocenters. The lowest BCUT2D eigenvalue weighted by molar-refractivity contribution is 0.186. The number of halogens is 1. The highest BCUT2D eigenvalue weighted by atomic mass is 35.5. The molecule has 0 spiro atoms. The summed E-state index contributed by atoms with van der Waals surface area (Å²) in [6, 6.07) is 6.41. The quantitative estimate of drug-likeness (QED) is 0.828. The summed E-state index contributed by atoms with van der Waals surface area (Å²) in [5.74, 6) is 0. The van der Waals surface area contributed by atoms with E-state index < -0.39 is 0 Å². The number of rotatable bonds is 3. The molecule has 1 aliphatic carbocycles. The van der Waals surface area contributed by atoms with Crippen molar-refractivity contribution in [3.8, 4) is 0 Å². The largest absolute Gasteiger partial charge is 0.392 e. The van der Waals surface area contributed by atoms with E-state index in [4.69, 9.17) is 11.6 Å². The lowest BCUT2D eigenvalue weighted by Crippen LogP contribution is -2.27. The Kier molecular flexibility index (Phi) is 3.29. The van der Waals surface area contributed by atoms with Crippen LogP contribution in [0.15, 0.2) is 18.2 Å². The van der Waals surface area contributed by atoms with Crippen LogP contribution < -0.4 is 5.32 Å². The summed E-state index contributed by atoms with van der Waals surface area (Å²) in [7, 11) is 0. The Morgan fingerprint density at radius 3 is 3.13 bits per heavy atom. The maximum atomic E-state index is 9.23. The minimum atomic E-state index is -0.298.